The first-order chi connectivity index (χ1) is 12.8. The average Bonchev–Trinajstić information content (AvgIpc) is 3.33. The molecule has 0 spiro atoms. The molecule has 0 saturated carbocycles. The minimum atomic E-state index is 0.0541. The number of carbonyl (C=O) groups excluding carboxylic acids is 1. The molecule has 26 heavy (non-hydrogen) atoms. The van der Waals surface area contributed by atoms with Crippen LogP contribution in [0.1, 0.15) is 36.8 Å². The van der Waals surface area contributed by atoms with Crippen molar-refractivity contribution in [2.75, 3.05) is 26.3 Å². The molecule has 1 atom stereocenters. The lowest BCUT2D eigenvalue weighted by Gasteiger charge is -2.33. The molecule has 1 N–H and O–H groups in total. The maximum atomic E-state index is 12.5. The Hall–Kier alpha value is -2.12. The van der Waals surface area contributed by atoms with Gasteiger partial charge in [-0.15, -0.1) is 0 Å². The van der Waals surface area contributed by atoms with E-state index in [2.05, 4.69) is 15.3 Å². The fraction of sp³-hybridized carbons (Fsp3) is 0.579. The molecular weight excluding hydrogens is 332 g/mol. The molecule has 0 aromatic carbocycles. The van der Waals surface area contributed by atoms with E-state index < -0.39 is 0 Å². The van der Waals surface area contributed by atoms with Crippen LogP contribution in [-0.4, -0.2) is 46.9 Å². The molecule has 7 heteroatoms. The number of furan rings is 1. The Labute approximate surface area is 153 Å². The van der Waals surface area contributed by atoms with Crippen LogP contribution in [0.25, 0.3) is 0 Å². The third-order valence-corrected chi connectivity index (χ3v) is 5.26. The van der Waals surface area contributed by atoms with E-state index in [0.717, 1.165) is 63.7 Å². The van der Waals surface area contributed by atoms with E-state index in [0.29, 0.717) is 12.3 Å². The fourth-order valence-electron chi connectivity index (χ4n) is 3.85. The van der Waals surface area contributed by atoms with Gasteiger partial charge in [-0.1, -0.05) is 0 Å². The molecule has 2 aliphatic rings. The Kier molecular flexibility index (Phi) is 5.36. The molecule has 4 rings (SSSR count). The van der Waals surface area contributed by atoms with Gasteiger partial charge in [-0.05, 0) is 37.0 Å². The summed E-state index contributed by atoms with van der Waals surface area (Å²) >= 11 is 0. The third kappa shape index (κ3) is 4.16. The van der Waals surface area contributed by atoms with Gasteiger partial charge < -0.3 is 14.5 Å². The largest absolute Gasteiger partial charge is 0.468 e. The van der Waals surface area contributed by atoms with E-state index >= 15 is 0 Å². The maximum absolute atomic E-state index is 12.5. The molecule has 1 amide bonds. The van der Waals surface area contributed by atoms with Gasteiger partial charge in [0, 0.05) is 39.0 Å². The van der Waals surface area contributed by atoms with Crippen molar-refractivity contribution in [2.24, 2.45) is 5.92 Å². The molecule has 140 valence electrons. The molecular formula is C19H26N4O3. The summed E-state index contributed by atoms with van der Waals surface area (Å²) in [6.07, 6.45) is 6.03. The summed E-state index contributed by atoms with van der Waals surface area (Å²) < 4.78 is 12.9. The maximum Gasteiger partial charge on any atom is 0.222 e. The predicted octanol–water partition coefficient (Wildman–Crippen LogP) is 1.97. The molecule has 0 bridgehead atoms. The van der Waals surface area contributed by atoms with Crippen LogP contribution in [0.2, 0.25) is 0 Å². The van der Waals surface area contributed by atoms with Crippen LogP contribution in [0.15, 0.2) is 35.1 Å². The van der Waals surface area contributed by atoms with Crippen molar-refractivity contribution in [3.63, 3.8) is 0 Å². The van der Waals surface area contributed by atoms with Crippen molar-refractivity contribution in [1.82, 2.24) is 20.0 Å². The third-order valence-electron chi connectivity index (χ3n) is 5.26. The van der Waals surface area contributed by atoms with Gasteiger partial charge in [-0.25, -0.2) is 0 Å². The second-order valence-corrected chi connectivity index (χ2v) is 7.23. The predicted molar refractivity (Wildman–Crippen MR) is 95.3 cm³/mol. The molecule has 0 aliphatic carbocycles. The van der Waals surface area contributed by atoms with Crippen LogP contribution in [-0.2, 0) is 22.6 Å². The Morgan fingerprint density at radius 3 is 3.00 bits per heavy atom. The van der Waals surface area contributed by atoms with E-state index in [1.165, 1.54) is 0 Å². The minimum Gasteiger partial charge on any atom is -0.468 e. The summed E-state index contributed by atoms with van der Waals surface area (Å²) in [5.74, 6) is 1.58. The van der Waals surface area contributed by atoms with Crippen molar-refractivity contribution in [1.29, 1.82) is 0 Å². The highest BCUT2D eigenvalue weighted by Gasteiger charge is 2.28. The Morgan fingerprint density at radius 1 is 1.31 bits per heavy atom. The van der Waals surface area contributed by atoms with E-state index in [1.807, 2.05) is 29.1 Å². The number of rotatable bonds is 6. The lowest BCUT2D eigenvalue weighted by molar-refractivity contribution is -0.122. The highest BCUT2D eigenvalue weighted by molar-refractivity contribution is 5.76. The van der Waals surface area contributed by atoms with Crippen LogP contribution in [0, 0.1) is 5.92 Å². The molecule has 2 aromatic rings. The van der Waals surface area contributed by atoms with Crippen molar-refractivity contribution in [2.45, 2.75) is 38.4 Å². The van der Waals surface area contributed by atoms with Crippen LogP contribution in [0.5, 0.6) is 0 Å². The van der Waals surface area contributed by atoms with E-state index in [-0.39, 0.29) is 11.9 Å². The van der Waals surface area contributed by atoms with Gasteiger partial charge in [0.25, 0.3) is 0 Å². The van der Waals surface area contributed by atoms with Gasteiger partial charge in [0.15, 0.2) is 0 Å². The quantitative estimate of drug-likeness (QED) is 0.855. The van der Waals surface area contributed by atoms with Crippen molar-refractivity contribution in [3.8, 4) is 0 Å². The van der Waals surface area contributed by atoms with Crippen LogP contribution in [0.4, 0.5) is 0 Å². The second-order valence-electron chi connectivity index (χ2n) is 7.23. The SMILES string of the molecule is O=C(CC1CN(Cc2ccco2)Cc2ccnn21)NCC1CCOCC1. The first-order valence-corrected chi connectivity index (χ1v) is 9.39. The van der Waals surface area contributed by atoms with Crippen LogP contribution >= 0.6 is 0 Å². The molecule has 1 unspecified atom stereocenters. The highest BCUT2D eigenvalue weighted by Crippen LogP contribution is 2.24. The van der Waals surface area contributed by atoms with Gasteiger partial charge in [0.2, 0.25) is 5.91 Å². The van der Waals surface area contributed by atoms with Crippen molar-refractivity contribution >= 4 is 5.91 Å². The number of hydrogen-bond donors (Lipinski definition) is 1. The summed E-state index contributed by atoms with van der Waals surface area (Å²) in [5.41, 5.74) is 1.14. The number of nitrogens with zero attached hydrogens (tertiary/aromatic N) is 3. The minimum absolute atomic E-state index is 0.0541. The Bertz CT molecular complexity index is 706. The molecule has 0 radical (unpaired) electrons. The summed E-state index contributed by atoms with van der Waals surface area (Å²) in [4.78, 5) is 14.8. The van der Waals surface area contributed by atoms with E-state index in [1.54, 1.807) is 6.26 Å². The normalized spacial score (nSPS) is 21.5. The number of carbonyl (C=O) groups is 1. The monoisotopic (exact) mass is 358 g/mol. The number of aromatic nitrogens is 2. The van der Waals surface area contributed by atoms with Gasteiger partial charge >= 0.3 is 0 Å². The van der Waals surface area contributed by atoms with Crippen LogP contribution < -0.4 is 5.32 Å². The van der Waals surface area contributed by atoms with E-state index in [9.17, 15) is 4.79 Å². The molecule has 4 heterocycles. The van der Waals surface area contributed by atoms with Gasteiger partial charge in [-0.2, -0.15) is 5.10 Å². The van der Waals surface area contributed by atoms with E-state index in [4.69, 9.17) is 9.15 Å². The molecule has 2 aliphatic heterocycles. The number of amides is 1. The van der Waals surface area contributed by atoms with Gasteiger partial charge in [-0.3, -0.25) is 14.4 Å². The summed E-state index contributed by atoms with van der Waals surface area (Å²) in [7, 11) is 0. The van der Waals surface area contributed by atoms with Gasteiger partial charge in [0.1, 0.15) is 5.76 Å². The van der Waals surface area contributed by atoms with Crippen LogP contribution in [0.3, 0.4) is 0 Å². The van der Waals surface area contributed by atoms with Gasteiger partial charge in [0.05, 0.1) is 31.0 Å². The Morgan fingerprint density at radius 2 is 2.19 bits per heavy atom. The highest BCUT2D eigenvalue weighted by atomic mass is 16.5. The zero-order chi connectivity index (χ0) is 17.8. The fourth-order valence-corrected chi connectivity index (χ4v) is 3.85. The first-order valence-electron chi connectivity index (χ1n) is 9.39. The lowest BCUT2D eigenvalue weighted by atomic mass is 10.0. The molecule has 7 nitrogen and oxygen atoms in total. The first kappa shape index (κ1) is 17.3. The summed E-state index contributed by atoms with van der Waals surface area (Å²) in [5, 5.41) is 7.55. The van der Waals surface area contributed by atoms with Crippen molar-refractivity contribution < 1.29 is 13.9 Å². The molecule has 1 saturated heterocycles. The Balaban J connectivity index is 1.34. The average molecular weight is 358 g/mol. The number of hydrogen-bond acceptors (Lipinski definition) is 5. The topological polar surface area (TPSA) is 72.5 Å². The standard InChI is InChI=1S/C19H26N4O3/c24-19(20-11-15-4-8-25-9-5-15)10-17-13-22(14-18-2-1-7-26-18)12-16-3-6-21-23(16)17/h1-3,6-7,15,17H,4-5,8-14H2,(H,20,24). The molecule has 2 aromatic heterocycles. The lowest BCUT2D eigenvalue weighted by Crippen LogP contribution is -2.40. The number of ether oxygens (including phenoxy) is 1. The van der Waals surface area contributed by atoms with Crippen molar-refractivity contribution in [3.05, 3.63) is 42.1 Å². The number of nitrogens with one attached hydrogen (secondary N) is 1. The smallest absolute Gasteiger partial charge is 0.222 e. The zero-order valence-corrected chi connectivity index (χ0v) is 15.0. The molecule has 1 fully saturated rings. The summed E-state index contributed by atoms with van der Waals surface area (Å²) in [6, 6.07) is 5.98. The number of fused-ring (bicyclic) bond motifs is 1. The summed E-state index contributed by atoms with van der Waals surface area (Å²) in [6.45, 7) is 4.72. The second kappa shape index (κ2) is 8.05. The zero-order valence-electron chi connectivity index (χ0n) is 15.0.